The Morgan fingerprint density at radius 3 is 2.62 bits per heavy atom. The van der Waals surface area contributed by atoms with E-state index < -0.39 is 0 Å². The molecule has 0 spiro atoms. The van der Waals surface area contributed by atoms with Crippen molar-refractivity contribution < 1.29 is 14.3 Å². The third-order valence-corrected chi connectivity index (χ3v) is 3.38. The van der Waals surface area contributed by atoms with Crippen LogP contribution < -0.4 is 5.73 Å². The van der Waals surface area contributed by atoms with Crippen LogP contribution in [0.4, 0.5) is 0 Å². The molecule has 0 aliphatic heterocycles. The molecule has 0 aromatic heterocycles. The number of carbonyl (C=O) groups excluding carboxylic acids is 1. The van der Waals surface area contributed by atoms with Crippen LogP contribution in [0.15, 0.2) is 0 Å². The van der Waals surface area contributed by atoms with Gasteiger partial charge in [-0.05, 0) is 31.2 Å². The molecule has 0 aromatic carbocycles. The first-order valence-electron chi connectivity index (χ1n) is 6.12. The molecule has 4 heteroatoms. The second kappa shape index (κ2) is 7.63. The van der Waals surface area contributed by atoms with E-state index in [1.54, 1.807) is 0 Å². The van der Waals surface area contributed by atoms with Crippen LogP contribution in [0, 0.1) is 11.8 Å². The van der Waals surface area contributed by atoms with Gasteiger partial charge >= 0.3 is 5.97 Å². The molecule has 1 fully saturated rings. The third kappa shape index (κ3) is 4.49. The molecular weight excluding hydrogens is 206 g/mol. The fourth-order valence-corrected chi connectivity index (χ4v) is 2.31. The summed E-state index contributed by atoms with van der Waals surface area (Å²) in [4.78, 5) is 10.9. The Morgan fingerprint density at radius 2 is 2.00 bits per heavy atom. The molecule has 16 heavy (non-hydrogen) atoms. The zero-order chi connectivity index (χ0) is 11.8. The van der Waals surface area contributed by atoms with Gasteiger partial charge in [0.05, 0.1) is 20.1 Å². The monoisotopic (exact) mass is 229 g/mol. The van der Waals surface area contributed by atoms with E-state index in [0.717, 1.165) is 13.2 Å². The Morgan fingerprint density at radius 1 is 1.31 bits per heavy atom. The van der Waals surface area contributed by atoms with Gasteiger partial charge in [0.25, 0.3) is 0 Å². The molecule has 1 rings (SSSR count). The Labute approximate surface area is 97.5 Å². The van der Waals surface area contributed by atoms with Crippen LogP contribution in [0.25, 0.3) is 0 Å². The van der Waals surface area contributed by atoms with Crippen molar-refractivity contribution in [2.45, 2.75) is 32.1 Å². The molecule has 1 aliphatic carbocycles. The van der Waals surface area contributed by atoms with Gasteiger partial charge in [-0.2, -0.15) is 0 Å². The highest BCUT2D eigenvalue weighted by molar-refractivity contribution is 5.69. The summed E-state index contributed by atoms with van der Waals surface area (Å²) in [6.07, 6.45) is 5.35. The first kappa shape index (κ1) is 13.5. The maximum absolute atomic E-state index is 10.9. The highest BCUT2D eigenvalue weighted by Gasteiger charge is 2.23. The zero-order valence-corrected chi connectivity index (χ0v) is 10.1. The predicted octanol–water partition coefficient (Wildman–Crippen LogP) is 1.33. The first-order valence-corrected chi connectivity index (χ1v) is 6.12. The van der Waals surface area contributed by atoms with Crippen molar-refractivity contribution in [1.29, 1.82) is 0 Å². The molecule has 0 heterocycles. The molecular formula is C12H23NO3. The van der Waals surface area contributed by atoms with Crippen molar-refractivity contribution in [1.82, 2.24) is 0 Å². The summed E-state index contributed by atoms with van der Waals surface area (Å²) in [7, 11) is 1.40. The van der Waals surface area contributed by atoms with Crippen LogP contribution in [-0.2, 0) is 14.3 Å². The Kier molecular flexibility index (Phi) is 6.42. The molecule has 0 saturated heterocycles. The number of carbonyl (C=O) groups is 1. The highest BCUT2D eigenvalue weighted by atomic mass is 16.5. The number of ether oxygens (including phenoxy) is 2. The van der Waals surface area contributed by atoms with Gasteiger partial charge in [-0.3, -0.25) is 4.79 Å². The molecule has 0 amide bonds. The minimum atomic E-state index is -0.209. The summed E-state index contributed by atoms with van der Waals surface area (Å²) >= 11 is 0. The lowest BCUT2D eigenvalue weighted by molar-refractivity contribution is -0.142. The molecule has 1 saturated carbocycles. The van der Waals surface area contributed by atoms with E-state index in [9.17, 15) is 4.79 Å². The molecule has 0 aromatic rings. The van der Waals surface area contributed by atoms with E-state index in [1.807, 2.05) is 0 Å². The minimum absolute atomic E-state index is 0.209. The standard InChI is InChI=1S/C12H23NO3/c1-15-12(14)6-7-16-9-11-5-3-2-4-10(11)8-13/h10-11H,2-9,13H2,1H3. The first-order chi connectivity index (χ1) is 7.77. The second-order valence-corrected chi connectivity index (χ2v) is 4.44. The van der Waals surface area contributed by atoms with E-state index >= 15 is 0 Å². The van der Waals surface area contributed by atoms with Crippen LogP contribution in [-0.4, -0.2) is 32.8 Å². The molecule has 94 valence electrons. The van der Waals surface area contributed by atoms with Gasteiger partial charge in [-0.1, -0.05) is 12.8 Å². The van der Waals surface area contributed by atoms with Crippen LogP contribution in [0.1, 0.15) is 32.1 Å². The normalized spacial score (nSPS) is 25.4. The van der Waals surface area contributed by atoms with Crippen molar-refractivity contribution in [3.63, 3.8) is 0 Å². The lowest BCUT2D eigenvalue weighted by Gasteiger charge is -2.30. The Bertz CT molecular complexity index is 208. The summed E-state index contributed by atoms with van der Waals surface area (Å²) in [6.45, 7) is 1.95. The van der Waals surface area contributed by atoms with Gasteiger partial charge in [-0.15, -0.1) is 0 Å². The Hall–Kier alpha value is -0.610. The topological polar surface area (TPSA) is 61.5 Å². The fourth-order valence-electron chi connectivity index (χ4n) is 2.31. The molecule has 2 unspecified atom stereocenters. The van der Waals surface area contributed by atoms with Crippen molar-refractivity contribution in [2.24, 2.45) is 17.6 Å². The lowest BCUT2D eigenvalue weighted by atomic mass is 9.80. The largest absolute Gasteiger partial charge is 0.469 e. The summed E-state index contributed by atoms with van der Waals surface area (Å²) in [5.74, 6) is 0.974. The van der Waals surface area contributed by atoms with E-state index in [-0.39, 0.29) is 5.97 Å². The third-order valence-electron chi connectivity index (χ3n) is 3.38. The van der Waals surface area contributed by atoms with Crippen molar-refractivity contribution in [2.75, 3.05) is 26.9 Å². The number of rotatable bonds is 6. The fraction of sp³-hybridized carbons (Fsp3) is 0.917. The summed E-state index contributed by atoms with van der Waals surface area (Å²) < 4.78 is 10.1. The Balaban J connectivity index is 2.13. The van der Waals surface area contributed by atoms with Crippen LogP contribution >= 0.6 is 0 Å². The molecule has 0 radical (unpaired) electrons. The van der Waals surface area contributed by atoms with Gasteiger partial charge in [0.15, 0.2) is 0 Å². The van der Waals surface area contributed by atoms with Crippen molar-refractivity contribution in [3.05, 3.63) is 0 Å². The molecule has 2 atom stereocenters. The summed E-state index contributed by atoms with van der Waals surface area (Å²) in [5, 5.41) is 0. The lowest BCUT2D eigenvalue weighted by Crippen LogP contribution is -2.30. The van der Waals surface area contributed by atoms with E-state index in [2.05, 4.69) is 4.74 Å². The summed E-state index contributed by atoms with van der Waals surface area (Å²) in [5.41, 5.74) is 5.74. The predicted molar refractivity (Wildman–Crippen MR) is 62.0 cm³/mol. The van der Waals surface area contributed by atoms with Gasteiger partial charge in [0.1, 0.15) is 0 Å². The van der Waals surface area contributed by atoms with Crippen molar-refractivity contribution in [3.8, 4) is 0 Å². The van der Waals surface area contributed by atoms with Gasteiger partial charge in [-0.25, -0.2) is 0 Å². The molecule has 2 N–H and O–H groups in total. The SMILES string of the molecule is COC(=O)CCOCC1CCCCC1CN. The number of hydrogen-bond acceptors (Lipinski definition) is 4. The van der Waals surface area contributed by atoms with E-state index in [4.69, 9.17) is 10.5 Å². The minimum Gasteiger partial charge on any atom is -0.469 e. The zero-order valence-electron chi connectivity index (χ0n) is 10.1. The average Bonchev–Trinajstić information content (AvgIpc) is 2.34. The van der Waals surface area contributed by atoms with Crippen molar-refractivity contribution >= 4 is 5.97 Å². The quantitative estimate of drug-likeness (QED) is 0.551. The number of esters is 1. The number of hydrogen-bond donors (Lipinski definition) is 1. The molecule has 1 aliphatic rings. The van der Waals surface area contributed by atoms with Crippen LogP contribution in [0.5, 0.6) is 0 Å². The highest BCUT2D eigenvalue weighted by Crippen LogP contribution is 2.29. The van der Waals surface area contributed by atoms with Crippen LogP contribution in [0.3, 0.4) is 0 Å². The van der Waals surface area contributed by atoms with Gasteiger partial charge < -0.3 is 15.2 Å². The maximum Gasteiger partial charge on any atom is 0.307 e. The molecule has 0 bridgehead atoms. The molecule has 4 nitrogen and oxygen atoms in total. The summed E-state index contributed by atoms with van der Waals surface area (Å²) in [6, 6.07) is 0. The van der Waals surface area contributed by atoms with E-state index in [0.29, 0.717) is 24.9 Å². The second-order valence-electron chi connectivity index (χ2n) is 4.44. The van der Waals surface area contributed by atoms with E-state index in [1.165, 1.54) is 32.8 Å². The average molecular weight is 229 g/mol. The smallest absolute Gasteiger partial charge is 0.307 e. The van der Waals surface area contributed by atoms with Crippen LogP contribution in [0.2, 0.25) is 0 Å². The number of nitrogens with two attached hydrogens (primary N) is 1. The maximum atomic E-state index is 10.9. The number of methoxy groups -OCH3 is 1. The van der Waals surface area contributed by atoms with Gasteiger partial charge in [0.2, 0.25) is 0 Å². The van der Waals surface area contributed by atoms with Gasteiger partial charge in [0, 0.05) is 6.61 Å².